The number of carboxylic acid groups (broad SMARTS) is 1. The summed E-state index contributed by atoms with van der Waals surface area (Å²) in [6.45, 7) is 2.03. The highest BCUT2D eigenvalue weighted by atomic mass is 79.9. The SMILES string of the molecule is Cc1cc(Br)cc(C(=O)O)c1OCc1ccc(Br)cn1. The van der Waals surface area contributed by atoms with Crippen LogP contribution in [0.2, 0.25) is 0 Å². The third-order valence-electron chi connectivity index (χ3n) is 2.62. The molecule has 0 spiro atoms. The molecule has 0 unspecified atom stereocenters. The lowest BCUT2D eigenvalue weighted by Gasteiger charge is -2.12. The number of nitrogens with zero attached hydrogens (tertiary/aromatic N) is 1. The van der Waals surface area contributed by atoms with E-state index >= 15 is 0 Å². The number of hydrogen-bond acceptors (Lipinski definition) is 3. The molecule has 2 aromatic rings. The van der Waals surface area contributed by atoms with Crippen molar-refractivity contribution in [2.45, 2.75) is 13.5 Å². The Bertz CT molecular complexity index is 642. The van der Waals surface area contributed by atoms with Crippen LogP contribution in [0, 0.1) is 6.92 Å². The number of benzene rings is 1. The van der Waals surface area contributed by atoms with Crippen LogP contribution in [0.3, 0.4) is 0 Å². The van der Waals surface area contributed by atoms with E-state index in [-0.39, 0.29) is 12.2 Å². The first kappa shape index (κ1) is 15.0. The highest BCUT2D eigenvalue weighted by Gasteiger charge is 2.15. The summed E-state index contributed by atoms with van der Waals surface area (Å²) in [6.07, 6.45) is 1.67. The van der Waals surface area contributed by atoms with E-state index < -0.39 is 5.97 Å². The maximum atomic E-state index is 11.3. The van der Waals surface area contributed by atoms with Gasteiger partial charge in [-0.05, 0) is 52.7 Å². The molecule has 0 atom stereocenters. The first-order valence-corrected chi connectivity index (χ1v) is 7.32. The van der Waals surface area contributed by atoms with Gasteiger partial charge < -0.3 is 9.84 Å². The number of halogens is 2. The third-order valence-corrected chi connectivity index (χ3v) is 3.55. The lowest BCUT2D eigenvalue weighted by atomic mass is 10.1. The first-order valence-electron chi connectivity index (χ1n) is 5.74. The average molecular weight is 401 g/mol. The molecule has 1 heterocycles. The van der Waals surface area contributed by atoms with Gasteiger partial charge in [0.2, 0.25) is 0 Å². The molecule has 0 saturated carbocycles. The molecule has 0 radical (unpaired) electrons. The van der Waals surface area contributed by atoms with E-state index in [0.29, 0.717) is 10.2 Å². The number of carboxylic acids is 1. The van der Waals surface area contributed by atoms with Crippen molar-refractivity contribution >= 4 is 37.8 Å². The van der Waals surface area contributed by atoms with Gasteiger partial charge in [0.15, 0.2) is 0 Å². The maximum Gasteiger partial charge on any atom is 0.339 e. The highest BCUT2D eigenvalue weighted by Crippen LogP contribution is 2.28. The predicted octanol–water partition coefficient (Wildman–Crippen LogP) is 4.19. The number of pyridine rings is 1. The Labute approximate surface area is 133 Å². The number of aryl methyl sites for hydroxylation is 1. The summed E-state index contributed by atoms with van der Waals surface area (Å²) in [5.41, 5.74) is 1.62. The zero-order valence-corrected chi connectivity index (χ0v) is 13.7. The van der Waals surface area contributed by atoms with E-state index in [9.17, 15) is 9.90 Å². The molecular weight excluding hydrogens is 390 g/mol. The minimum absolute atomic E-state index is 0.133. The number of rotatable bonds is 4. The Balaban J connectivity index is 2.24. The Kier molecular flexibility index (Phi) is 4.77. The zero-order chi connectivity index (χ0) is 14.7. The van der Waals surface area contributed by atoms with E-state index in [1.54, 1.807) is 6.20 Å². The van der Waals surface area contributed by atoms with Crippen molar-refractivity contribution in [3.63, 3.8) is 0 Å². The molecule has 2 rings (SSSR count). The molecule has 0 aliphatic carbocycles. The van der Waals surface area contributed by atoms with Crippen molar-refractivity contribution in [3.05, 3.63) is 56.2 Å². The van der Waals surface area contributed by atoms with Gasteiger partial charge in [-0.25, -0.2) is 4.79 Å². The number of hydrogen-bond donors (Lipinski definition) is 1. The molecule has 1 N–H and O–H groups in total. The number of carbonyl (C=O) groups is 1. The summed E-state index contributed by atoms with van der Waals surface area (Å²) < 4.78 is 7.22. The van der Waals surface area contributed by atoms with Crippen molar-refractivity contribution < 1.29 is 14.6 Å². The van der Waals surface area contributed by atoms with Crippen LogP contribution in [0.25, 0.3) is 0 Å². The highest BCUT2D eigenvalue weighted by molar-refractivity contribution is 9.10. The van der Waals surface area contributed by atoms with Crippen molar-refractivity contribution in [1.82, 2.24) is 4.98 Å². The van der Waals surface area contributed by atoms with Crippen molar-refractivity contribution in [2.75, 3.05) is 0 Å². The van der Waals surface area contributed by atoms with Crippen LogP contribution in [0.4, 0.5) is 0 Å². The van der Waals surface area contributed by atoms with Crippen LogP contribution >= 0.6 is 31.9 Å². The van der Waals surface area contributed by atoms with E-state index in [1.165, 1.54) is 6.07 Å². The van der Waals surface area contributed by atoms with Gasteiger partial charge in [0.05, 0.1) is 5.69 Å². The Morgan fingerprint density at radius 2 is 2.05 bits per heavy atom. The molecule has 0 saturated heterocycles. The molecule has 1 aromatic carbocycles. The summed E-state index contributed by atoms with van der Waals surface area (Å²) >= 11 is 6.59. The van der Waals surface area contributed by atoms with Crippen LogP contribution in [0.1, 0.15) is 21.6 Å². The number of aromatic nitrogens is 1. The summed E-state index contributed by atoms with van der Waals surface area (Å²) in [7, 11) is 0. The van der Waals surface area contributed by atoms with Crippen molar-refractivity contribution in [2.24, 2.45) is 0 Å². The molecule has 0 fully saturated rings. The monoisotopic (exact) mass is 399 g/mol. The topological polar surface area (TPSA) is 59.4 Å². The molecular formula is C14H11Br2NO3. The second kappa shape index (κ2) is 6.37. The van der Waals surface area contributed by atoms with Crippen LogP contribution in [-0.4, -0.2) is 16.1 Å². The van der Waals surface area contributed by atoms with E-state index in [4.69, 9.17) is 4.74 Å². The average Bonchev–Trinajstić information content (AvgIpc) is 2.38. The minimum atomic E-state index is -1.02. The molecule has 104 valence electrons. The van der Waals surface area contributed by atoms with Gasteiger partial charge in [-0.3, -0.25) is 4.98 Å². The number of ether oxygens (including phenoxy) is 1. The lowest BCUT2D eigenvalue weighted by Crippen LogP contribution is -2.06. The zero-order valence-electron chi connectivity index (χ0n) is 10.6. The second-order valence-electron chi connectivity index (χ2n) is 4.16. The molecule has 6 heteroatoms. The predicted molar refractivity (Wildman–Crippen MR) is 82.1 cm³/mol. The number of aromatic carboxylic acids is 1. The normalized spacial score (nSPS) is 10.3. The molecule has 0 amide bonds. The summed E-state index contributed by atoms with van der Waals surface area (Å²) in [5.74, 6) is -0.654. The molecule has 0 bridgehead atoms. The Morgan fingerprint density at radius 3 is 2.65 bits per heavy atom. The fourth-order valence-electron chi connectivity index (χ4n) is 1.72. The van der Waals surface area contributed by atoms with Crippen LogP contribution in [-0.2, 0) is 6.61 Å². The smallest absolute Gasteiger partial charge is 0.339 e. The molecule has 0 aliphatic rings. The standard InChI is InChI=1S/C14H11Br2NO3/c1-8-4-10(16)5-12(14(18)19)13(8)20-7-11-3-2-9(15)6-17-11/h2-6H,7H2,1H3,(H,18,19). The molecule has 20 heavy (non-hydrogen) atoms. The van der Waals surface area contributed by atoms with E-state index in [1.807, 2.05) is 25.1 Å². The summed E-state index contributed by atoms with van der Waals surface area (Å²) in [6, 6.07) is 7.02. The van der Waals surface area contributed by atoms with Gasteiger partial charge in [0.25, 0.3) is 0 Å². The molecule has 4 nitrogen and oxygen atoms in total. The van der Waals surface area contributed by atoms with Gasteiger partial charge >= 0.3 is 5.97 Å². The van der Waals surface area contributed by atoms with Crippen LogP contribution < -0.4 is 4.74 Å². The quantitative estimate of drug-likeness (QED) is 0.835. The molecule has 0 aliphatic heterocycles. The minimum Gasteiger partial charge on any atom is -0.486 e. The van der Waals surface area contributed by atoms with Gasteiger partial charge in [-0.1, -0.05) is 15.9 Å². The van der Waals surface area contributed by atoms with E-state index in [2.05, 4.69) is 36.8 Å². The lowest BCUT2D eigenvalue weighted by molar-refractivity contribution is 0.0691. The van der Waals surface area contributed by atoms with Gasteiger partial charge in [0, 0.05) is 15.1 Å². The second-order valence-corrected chi connectivity index (χ2v) is 5.99. The Morgan fingerprint density at radius 1 is 1.30 bits per heavy atom. The Hall–Kier alpha value is -1.40. The van der Waals surface area contributed by atoms with Gasteiger partial charge in [0.1, 0.15) is 17.9 Å². The van der Waals surface area contributed by atoms with E-state index in [0.717, 1.165) is 15.7 Å². The fourth-order valence-corrected chi connectivity index (χ4v) is 2.53. The van der Waals surface area contributed by atoms with Crippen LogP contribution in [0.5, 0.6) is 5.75 Å². The van der Waals surface area contributed by atoms with Gasteiger partial charge in [-0.2, -0.15) is 0 Å². The summed E-state index contributed by atoms with van der Waals surface area (Å²) in [5, 5.41) is 9.23. The van der Waals surface area contributed by atoms with Gasteiger partial charge in [-0.15, -0.1) is 0 Å². The van der Waals surface area contributed by atoms with Crippen molar-refractivity contribution in [1.29, 1.82) is 0 Å². The summed E-state index contributed by atoms with van der Waals surface area (Å²) in [4.78, 5) is 15.4. The first-order chi connectivity index (χ1) is 9.47. The third kappa shape index (κ3) is 3.58. The molecule has 1 aromatic heterocycles. The maximum absolute atomic E-state index is 11.3. The fraction of sp³-hybridized carbons (Fsp3) is 0.143. The van der Waals surface area contributed by atoms with Crippen LogP contribution in [0.15, 0.2) is 39.4 Å². The largest absolute Gasteiger partial charge is 0.486 e. The van der Waals surface area contributed by atoms with Crippen molar-refractivity contribution in [3.8, 4) is 5.75 Å².